The largest absolute Gasteiger partial charge is 0.476 e. The van der Waals surface area contributed by atoms with Gasteiger partial charge in [0.2, 0.25) is 0 Å². The van der Waals surface area contributed by atoms with Gasteiger partial charge in [-0.25, -0.2) is 14.8 Å². The molecular formula is C6H4Cl2N4O2. The van der Waals surface area contributed by atoms with Crippen molar-refractivity contribution in [2.75, 3.05) is 0 Å². The number of halogens is 2. The first-order valence-corrected chi connectivity index (χ1v) is 4.01. The standard InChI is InChI=1S/C6H4Cl2N4O2/c7-2-1-10-3(5(8)11-2)4(12-9)6(13)14/h1H,9H2,(H,13,14)/b12-4-. The summed E-state index contributed by atoms with van der Waals surface area (Å²) in [5, 5.41) is 11.6. The van der Waals surface area contributed by atoms with Gasteiger partial charge in [0.05, 0.1) is 6.20 Å². The molecule has 0 spiro atoms. The van der Waals surface area contributed by atoms with E-state index in [1.54, 1.807) is 0 Å². The molecule has 6 nitrogen and oxygen atoms in total. The van der Waals surface area contributed by atoms with Crippen molar-refractivity contribution in [3.63, 3.8) is 0 Å². The number of hydrogen-bond donors (Lipinski definition) is 2. The lowest BCUT2D eigenvalue weighted by molar-refractivity contribution is -0.129. The Balaban J connectivity index is 3.25. The first-order valence-electron chi connectivity index (χ1n) is 3.26. The highest BCUT2D eigenvalue weighted by Gasteiger charge is 2.18. The third kappa shape index (κ3) is 2.09. The molecule has 0 aromatic carbocycles. The molecule has 14 heavy (non-hydrogen) atoms. The molecule has 0 bridgehead atoms. The van der Waals surface area contributed by atoms with Gasteiger partial charge in [-0.2, -0.15) is 5.10 Å². The summed E-state index contributed by atoms with van der Waals surface area (Å²) in [5.41, 5.74) is -0.592. The Hall–Kier alpha value is -1.40. The molecule has 0 aliphatic heterocycles. The van der Waals surface area contributed by atoms with Crippen molar-refractivity contribution in [2.24, 2.45) is 10.9 Å². The van der Waals surface area contributed by atoms with Crippen molar-refractivity contribution in [2.45, 2.75) is 0 Å². The number of rotatable bonds is 2. The van der Waals surface area contributed by atoms with Crippen LogP contribution in [0.3, 0.4) is 0 Å². The molecule has 0 saturated heterocycles. The number of aliphatic carboxylic acids is 1. The zero-order valence-corrected chi connectivity index (χ0v) is 8.12. The Morgan fingerprint density at radius 2 is 2.21 bits per heavy atom. The van der Waals surface area contributed by atoms with Crippen molar-refractivity contribution in [1.29, 1.82) is 0 Å². The maximum Gasteiger partial charge on any atom is 0.358 e. The minimum atomic E-state index is -1.34. The van der Waals surface area contributed by atoms with Gasteiger partial charge in [-0.1, -0.05) is 23.2 Å². The number of aromatic nitrogens is 2. The minimum Gasteiger partial charge on any atom is -0.476 e. The topological polar surface area (TPSA) is 101 Å². The predicted molar refractivity (Wildman–Crippen MR) is 50.4 cm³/mol. The highest BCUT2D eigenvalue weighted by atomic mass is 35.5. The fourth-order valence-corrected chi connectivity index (χ4v) is 1.13. The van der Waals surface area contributed by atoms with Crippen LogP contribution in [0.1, 0.15) is 5.69 Å². The van der Waals surface area contributed by atoms with Gasteiger partial charge in [-0.05, 0) is 0 Å². The third-order valence-corrected chi connectivity index (χ3v) is 1.70. The Morgan fingerprint density at radius 3 is 2.64 bits per heavy atom. The van der Waals surface area contributed by atoms with Crippen LogP contribution in [0, 0.1) is 0 Å². The van der Waals surface area contributed by atoms with Crippen molar-refractivity contribution in [3.05, 3.63) is 22.2 Å². The highest BCUT2D eigenvalue weighted by molar-refractivity contribution is 6.46. The molecule has 0 amide bonds. The van der Waals surface area contributed by atoms with E-state index in [2.05, 4.69) is 15.1 Å². The van der Waals surface area contributed by atoms with Crippen LogP contribution in [0.15, 0.2) is 11.3 Å². The minimum absolute atomic E-state index is 0.0560. The number of hydrogen-bond acceptors (Lipinski definition) is 5. The van der Waals surface area contributed by atoms with Gasteiger partial charge < -0.3 is 10.9 Å². The van der Waals surface area contributed by atoms with Gasteiger partial charge >= 0.3 is 5.97 Å². The van der Waals surface area contributed by atoms with Crippen LogP contribution in [-0.4, -0.2) is 26.8 Å². The molecule has 3 N–H and O–H groups in total. The van der Waals surface area contributed by atoms with Crippen molar-refractivity contribution in [1.82, 2.24) is 9.97 Å². The van der Waals surface area contributed by atoms with Crippen LogP contribution in [0.4, 0.5) is 0 Å². The number of carboxylic acids is 1. The first kappa shape index (κ1) is 10.7. The van der Waals surface area contributed by atoms with Gasteiger partial charge in [-0.15, -0.1) is 0 Å². The summed E-state index contributed by atoms with van der Waals surface area (Å²) in [6.07, 6.45) is 1.15. The average molecular weight is 235 g/mol. The molecular weight excluding hydrogens is 231 g/mol. The Morgan fingerprint density at radius 1 is 1.57 bits per heavy atom. The highest BCUT2D eigenvalue weighted by Crippen LogP contribution is 2.14. The Labute approximate surface area is 88.4 Å². The normalized spacial score (nSPS) is 11.4. The lowest BCUT2D eigenvalue weighted by atomic mass is 10.3. The van der Waals surface area contributed by atoms with E-state index in [1.807, 2.05) is 0 Å². The van der Waals surface area contributed by atoms with E-state index in [1.165, 1.54) is 0 Å². The summed E-state index contributed by atoms with van der Waals surface area (Å²) in [7, 11) is 0. The number of carbonyl (C=O) groups is 1. The lowest BCUT2D eigenvalue weighted by Gasteiger charge is -2.00. The SMILES string of the molecule is N/N=C(\C(=O)O)c1ncc(Cl)nc1Cl. The average Bonchev–Trinajstić information content (AvgIpc) is 2.09. The number of hydrazone groups is 1. The molecule has 0 radical (unpaired) electrons. The number of carboxylic acid groups (broad SMARTS) is 1. The molecule has 0 unspecified atom stereocenters. The maximum atomic E-state index is 10.6. The van der Waals surface area contributed by atoms with E-state index in [9.17, 15) is 4.79 Å². The van der Waals surface area contributed by atoms with Crippen molar-refractivity contribution >= 4 is 34.9 Å². The third-order valence-electron chi connectivity index (χ3n) is 1.26. The van der Waals surface area contributed by atoms with Crippen LogP contribution in [0.5, 0.6) is 0 Å². The second-order valence-electron chi connectivity index (χ2n) is 2.12. The van der Waals surface area contributed by atoms with E-state index in [0.717, 1.165) is 6.20 Å². The van der Waals surface area contributed by atoms with E-state index >= 15 is 0 Å². The first-order chi connectivity index (χ1) is 6.56. The summed E-state index contributed by atoms with van der Waals surface area (Å²) in [4.78, 5) is 17.8. The Kier molecular flexibility index (Phi) is 3.21. The summed E-state index contributed by atoms with van der Waals surface area (Å²) in [6, 6.07) is 0. The molecule has 1 aromatic heterocycles. The van der Waals surface area contributed by atoms with Gasteiger partial charge in [-0.3, -0.25) is 0 Å². The van der Waals surface area contributed by atoms with Crippen molar-refractivity contribution in [3.8, 4) is 0 Å². The zero-order valence-electron chi connectivity index (χ0n) is 6.61. The maximum absolute atomic E-state index is 10.6. The molecule has 0 aliphatic rings. The van der Waals surface area contributed by atoms with Crippen LogP contribution < -0.4 is 5.84 Å². The van der Waals surface area contributed by atoms with Crippen molar-refractivity contribution < 1.29 is 9.90 Å². The molecule has 0 aliphatic carbocycles. The Bertz CT molecular complexity index is 407. The second kappa shape index (κ2) is 4.21. The fourth-order valence-electron chi connectivity index (χ4n) is 0.723. The number of nitrogens with zero attached hydrogens (tertiary/aromatic N) is 3. The van der Waals surface area contributed by atoms with Crippen LogP contribution >= 0.6 is 23.2 Å². The quantitative estimate of drug-likeness (QED) is 0.442. The second-order valence-corrected chi connectivity index (χ2v) is 2.86. The molecule has 74 valence electrons. The molecule has 0 atom stereocenters. The smallest absolute Gasteiger partial charge is 0.358 e. The van der Waals surface area contributed by atoms with E-state index in [0.29, 0.717) is 0 Å². The monoisotopic (exact) mass is 234 g/mol. The summed E-state index contributed by atoms with van der Waals surface area (Å²) < 4.78 is 0. The fraction of sp³-hybridized carbons (Fsp3) is 0. The summed E-state index contributed by atoms with van der Waals surface area (Å²) in [6.45, 7) is 0. The predicted octanol–water partition coefficient (Wildman–Crippen LogP) is 0.531. The molecule has 1 heterocycles. The van der Waals surface area contributed by atoms with E-state index < -0.39 is 11.7 Å². The lowest BCUT2D eigenvalue weighted by Crippen LogP contribution is -2.18. The van der Waals surface area contributed by atoms with Crippen LogP contribution in [-0.2, 0) is 4.79 Å². The van der Waals surface area contributed by atoms with E-state index in [4.69, 9.17) is 34.2 Å². The summed E-state index contributed by atoms with van der Waals surface area (Å²) >= 11 is 11.1. The van der Waals surface area contributed by atoms with Gasteiger partial charge in [0.25, 0.3) is 0 Å². The van der Waals surface area contributed by atoms with Crippen LogP contribution in [0.2, 0.25) is 10.3 Å². The molecule has 1 rings (SSSR count). The zero-order chi connectivity index (χ0) is 10.7. The van der Waals surface area contributed by atoms with Gasteiger partial charge in [0.1, 0.15) is 10.8 Å². The molecule has 0 fully saturated rings. The van der Waals surface area contributed by atoms with E-state index in [-0.39, 0.29) is 16.0 Å². The van der Waals surface area contributed by atoms with Gasteiger partial charge in [0.15, 0.2) is 10.9 Å². The number of nitrogens with two attached hydrogens (primary N) is 1. The van der Waals surface area contributed by atoms with Crippen LogP contribution in [0.25, 0.3) is 0 Å². The summed E-state index contributed by atoms with van der Waals surface area (Å²) in [5.74, 6) is 3.52. The molecule has 0 saturated carbocycles. The molecule has 1 aromatic rings. The van der Waals surface area contributed by atoms with Gasteiger partial charge in [0, 0.05) is 0 Å². The molecule has 8 heteroatoms.